The van der Waals surface area contributed by atoms with Crippen LogP contribution in [0.15, 0.2) is 82.0 Å². The second-order valence-corrected chi connectivity index (χ2v) is 9.38. The van der Waals surface area contributed by atoms with Crippen LogP contribution >= 0.6 is 0 Å². The van der Waals surface area contributed by atoms with Gasteiger partial charge in [-0.05, 0) is 42.0 Å². The first kappa shape index (κ1) is 22.5. The van der Waals surface area contributed by atoms with Crippen LogP contribution < -0.4 is 10.2 Å². The van der Waals surface area contributed by atoms with E-state index in [0.717, 1.165) is 16.7 Å². The second kappa shape index (κ2) is 9.07. The van der Waals surface area contributed by atoms with E-state index < -0.39 is 5.97 Å². The number of hydrogen-bond acceptors (Lipinski definition) is 4. The van der Waals surface area contributed by atoms with Crippen molar-refractivity contribution in [2.45, 2.75) is 46.0 Å². The molecule has 0 aliphatic heterocycles. The van der Waals surface area contributed by atoms with E-state index in [0.29, 0.717) is 23.0 Å². The van der Waals surface area contributed by atoms with Gasteiger partial charge in [0.25, 0.3) is 0 Å². The molecular formula is C29H28O4. The van der Waals surface area contributed by atoms with Crippen molar-refractivity contribution in [1.82, 2.24) is 0 Å². The third-order valence-electron chi connectivity index (χ3n) is 5.69. The number of carbonyl (C=O) groups excluding carboxylic acids is 1. The predicted molar refractivity (Wildman–Crippen MR) is 132 cm³/mol. The summed E-state index contributed by atoms with van der Waals surface area (Å²) in [5, 5.41) is 0.399. The van der Waals surface area contributed by atoms with Gasteiger partial charge in [-0.25, -0.2) is 0 Å². The van der Waals surface area contributed by atoms with Gasteiger partial charge in [0.2, 0.25) is 11.2 Å². The topological polar surface area (TPSA) is 56.5 Å². The zero-order chi connectivity index (χ0) is 23.6. The molecule has 0 unspecified atom stereocenters. The average Bonchev–Trinajstić information content (AvgIpc) is 2.80. The standard InChI is InChI=1S/C29H28O4/c1-19-10-16-24-23(18-19)26(31)28(33-25(30)17-11-20-8-6-5-7-9-20)27(32-24)21-12-14-22(15-13-21)29(2,3)4/h5-10,12-16,18H,11,17H2,1-4H3. The molecule has 0 saturated heterocycles. The van der Waals surface area contributed by atoms with Gasteiger partial charge in [-0.15, -0.1) is 0 Å². The van der Waals surface area contributed by atoms with Crippen LogP contribution in [0.5, 0.6) is 5.75 Å². The van der Waals surface area contributed by atoms with E-state index >= 15 is 0 Å². The molecule has 0 bridgehead atoms. The van der Waals surface area contributed by atoms with E-state index in [1.165, 1.54) is 0 Å². The normalized spacial score (nSPS) is 11.5. The number of carbonyl (C=O) groups is 1. The largest absolute Gasteiger partial charge is 0.452 e. The van der Waals surface area contributed by atoms with Gasteiger partial charge in [0.1, 0.15) is 5.58 Å². The summed E-state index contributed by atoms with van der Waals surface area (Å²) in [5.74, 6) is -0.259. The fourth-order valence-electron chi connectivity index (χ4n) is 3.75. The van der Waals surface area contributed by atoms with Crippen molar-refractivity contribution in [3.8, 4) is 17.1 Å². The van der Waals surface area contributed by atoms with Crippen LogP contribution in [-0.4, -0.2) is 5.97 Å². The molecule has 0 saturated carbocycles. The first-order valence-corrected chi connectivity index (χ1v) is 11.2. The quantitative estimate of drug-likeness (QED) is 0.328. The van der Waals surface area contributed by atoms with Crippen LogP contribution in [0.2, 0.25) is 0 Å². The fraction of sp³-hybridized carbons (Fsp3) is 0.241. The lowest BCUT2D eigenvalue weighted by Gasteiger charge is -2.19. The Bertz CT molecular complexity index is 1340. The third-order valence-corrected chi connectivity index (χ3v) is 5.69. The molecule has 4 aromatic rings. The van der Waals surface area contributed by atoms with Gasteiger partial charge >= 0.3 is 5.97 Å². The lowest BCUT2D eigenvalue weighted by Crippen LogP contribution is -2.16. The Morgan fingerprint density at radius 2 is 1.64 bits per heavy atom. The molecule has 1 aromatic heterocycles. The summed E-state index contributed by atoms with van der Waals surface area (Å²) in [7, 11) is 0. The van der Waals surface area contributed by atoms with Crippen molar-refractivity contribution in [3.05, 3.63) is 99.7 Å². The maximum absolute atomic E-state index is 13.4. The first-order valence-electron chi connectivity index (χ1n) is 11.2. The number of benzene rings is 3. The molecular weight excluding hydrogens is 412 g/mol. The van der Waals surface area contributed by atoms with Crippen molar-refractivity contribution >= 4 is 16.9 Å². The smallest absolute Gasteiger partial charge is 0.311 e. The zero-order valence-electron chi connectivity index (χ0n) is 19.5. The van der Waals surface area contributed by atoms with Crippen molar-refractivity contribution in [3.63, 3.8) is 0 Å². The summed E-state index contributed by atoms with van der Waals surface area (Å²) in [6, 6.07) is 23.0. The number of aryl methyl sites for hydroxylation is 2. The predicted octanol–water partition coefficient (Wildman–Crippen LogP) is 6.60. The second-order valence-electron chi connectivity index (χ2n) is 9.38. The molecule has 0 atom stereocenters. The number of esters is 1. The minimum Gasteiger partial charge on any atom is -0.452 e. The molecule has 0 amide bonds. The highest BCUT2D eigenvalue weighted by Gasteiger charge is 2.21. The summed E-state index contributed by atoms with van der Waals surface area (Å²) in [6.07, 6.45) is 0.699. The Morgan fingerprint density at radius 3 is 2.30 bits per heavy atom. The molecule has 4 heteroatoms. The van der Waals surface area contributed by atoms with Crippen LogP contribution in [0.3, 0.4) is 0 Å². The zero-order valence-corrected chi connectivity index (χ0v) is 19.5. The molecule has 33 heavy (non-hydrogen) atoms. The summed E-state index contributed by atoms with van der Waals surface area (Å²) in [6.45, 7) is 8.32. The SMILES string of the molecule is Cc1ccc2oc(-c3ccc(C(C)(C)C)cc3)c(OC(=O)CCc3ccccc3)c(=O)c2c1. The summed E-state index contributed by atoms with van der Waals surface area (Å²) < 4.78 is 11.8. The van der Waals surface area contributed by atoms with Crippen molar-refractivity contribution in [2.75, 3.05) is 0 Å². The van der Waals surface area contributed by atoms with Crippen LogP contribution in [0.4, 0.5) is 0 Å². The van der Waals surface area contributed by atoms with E-state index in [9.17, 15) is 9.59 Å². The molecule has 0 N–H and O–H groups in total. The Morgan fingerprint density at radius 1 is 0.939 bits per heavy atom. The highest BCUT2D eigenvalue weighted by atomic mass is 16.5. The Balaban J connectivity index is 1.73. The van der Waals surface area contributed by atoms with Crippen LogP contribution in [0.1, 0.15) is 43.9 Å². The lowest BCUT2D eigenvalue weighted by molar-refractivity contribution is -0.134. The molecule has 0 fully saturated rings. The molecule has 0 spiro atoms. The maximum atomic E-state index is 13.4. The van der Waals surface area contributed by atoms with Crippen LogP contribution in [0.25, 0.3) is 22.3 Å². The first-order chi connectivity index (χ1) is 15.7. The molecule has 3 aromatic carbocycles. The van der Waals surface area contributed by atoms with E-state index in [-0.39, 0.29) is 28.8 Å². The minimum absolute atomic E-state index is 0.00693. The molecule has 0 aliphatic carbocycles. The Labute approximate surface area is 193 Å². The Hall–Kier alpha value is -3.66. The molecule has 4 nitrogen and oxygen atoms in total. The highest BCUT2D eigenvalue weighted by molar-refractivity contribution is 5.84. The number of hydrogen-bond donors (Lipinski definition) is 0. The van der Waals surface area contributed by atoms with Gasteiger partial charge in [0.15, 0.2) is 5.76 Å². The molecule has 1 heterocycles. The van der Waals surface area contributed by atoms with Crippen molar-refractivity contribution in [1.29, 1.82) is 0 Å². The van der Waals surface area contributed by atoms with E-state index in [4.69, 9.17) is 9.15 Å². The fourth-order valence-corrected chi connectivity index (χ4v) is 3.75. The minimum atomic E-state index is -0.467. The number of rotatable bonds is 5. The van der Waals surface area contributed by atoms with Gasteiger partial charge in [-0.1, -0.05) is 87.0 Å². The van der Waals surface area contributed by atoms with E-state index in [1.807, 2.05) is 67.6 Å². The van der Waals surface area contributed by atoms with E-state index in [1.54, 1.807) is 12.1 Å². The van der Waals surface area contributed by atoms with Gasteiger partial charge in [0, 0.05) is 12.0 Å². The Kier molecular flexibility index (Phi) is 6.19. The highest BCUT2D eigenvalue weighted by Crippen LogP contribution is 2.33. The maximum Gasteiger partial charge on any atom is 0.311 e. The molecule has 0 radical (unpaired) electrons. The molecule has 168 valence electrons. The van der Waals surface area contributed by atoms with Crippen molar-refractivity contribution < 1.29 is 13.9 Å². The van der Waals surface area contributed by atoms with Gasteiger partial charge < -0.3 is 9.15 Å². The molecule has 0 aliphatic rings. The lowest BCUT2D eigenvalue weighted by atomic mass is 9.86. The van der Waals surface area contributed by atoms with Gasteiger partial charge in [-0.3, -0.25) is 9.59 Å². The van der Waals surface area contributed by atoms with Gasteiger partial charge in [-0.2, -0.15) is 0 Å². The van der Waals surface area contributed by atoms with Gasteiger partial charge in [0.05, 0.1) is 5.39 Å². The third kappa shape index (κ3) is 5.06. The number of ether oxygens (including phenoxy) is 1. The van der Waals surface area contributed by atoms with Crippen LogP contribution in [-0.2, 0) is 16.6 Å². The summed E-state index contributed by atoms with van der Waals surface area (Å²) in [4.78, 5) is 26.1. The number of fused-ring (bicyclic) bond motifs is 1. The molecule has 4 rings (SSSR count). The summed E-state index contributed by atoms with van der Waals surface area (Å²) in [5.41, 5.74) is 3.92. The van der Waals surface area contributed by atoms with Crippen molar-refractivity contribution in [2.24, 2.45) is 0 Å². The summed E-state index contributed by atoms with van der Waals surface area (Å²) >= 11 is 0. The van der Waals surface area contributed by atoms with Crippen LogP contribution in [0, 0.1) is 6.92 Å². The monoisotopic (exact) mass is 440 g/mol. The van der Waals surface area contributed by atoms with E-state index in [2.05, 4.69) is 20.8 Å². The average molecular weight is 441 g/mol.